The molecule has 0 aliphatic carbocycles. The molecule has 0 spiro atoms. The highest BCUT2D eigenvalue weighted by atomic mass is 19.4. The Morgan fingerprint density at radius 2 is 1.07 bits per heavy atom. The quantitative estimate of drug-likeness (QED) is 0.259. The van der Waals surface area contributed by atoms with Crippen LogP contribution in [0.5, 0.6) is 0 Å². The number of rotatable bonds is 5. The van der Waals surface area contributed by atoms with E-state index in [0.29, 0.717) is 26.0 Å². The van der Waals surface area contributed by atoms with Crippen LogP contribution in [-0.2, 0) is 38.9 Å². The molecule has 2 unspecified atom stereocenters. The Labute approximate surface area is 250 Å². The van der Waals surface area contributed by atoms with Crippen molar-refractivity contribution < 1.29 is 53.4 Å². The molecular formula is C31H24F10N2O2. The molecule has 14 heteroatoms. The zero-order valence-corrected chi connectivity index (χ0v) is 24.0. The van der Waals surface area contributed by atoms with Crippen LogP contribution in [0.25, 0.3) is 0 Å². The number of benzene rings is 3. The van der Waals surface area contributed by atoms with E-state index in [-0.39, 0.29) is 34.7 Å². The zero-order chi connectivity index (χ0) is 33.4. The first-order chi connectivity index (χ1) is 20.6. The highest BCUT2D eigenvalue weighted by Gasteiger charge is 2.61. The third-order valence-corrected chi connectivity index (χ3v) is 7.82. The van der Waals surface area contributed by atoms with Gasteiger partial charge in [-0.3, -0.25) is 0 Å². The monoisotopic (exact) mass is 646 g/mol. The Bertz CT molecular complexity index is 1710. The van der Waals surface area contributed by atoms with E-state index in [9.17, 15) is 35.1 Å². The van der Waals surface area contributed by atoms with Crippen molar-refractivity contribution in [1.29, 1.82) is 0 Å². The van der Waals surface area contributed by atoms with Gasteiger partial charge >= 0.3 is 18.3 Å². The second kappa shape index (κ2) is 10.2. The number of halogens is 10. The Morgan fingerprint density at radius 1 is 0.622 bits per heavy atom. The normalized spacial score (nSPS) is 22.0. The van der Waals surface area contributed by atoms with Crippen molar-refractivity contribution in [3.63, 3.8) is 0 Å². The van der Waals surface area contributed by atoms with Gasteiger partial charge in [0.05, 0.1) is 11.4 Å². The van der Waals surface area contributed by atoms with Crippen molar-refractivity contribution in [2.75, 3.05) is 0 Å². The van der Waals surface area contributed by atoms with Gasteiger partial charge in [0, 0.05) is 36.1 Å². The molecule has 0 bridgehead atoms. The number of hydrogen-bond donors (Lipinski definition) is 0. The molecule has 2 aliphatic rings. The third kappa shape index (κ3) is 5.52. The number of alkyl halides is 10. The van der Waals surface area contributed by atoms with Crippen molar-refractivity contribution in [2.45, 2.75) is 69.5 Å². The summed E-state index contributed by atoms with van der Waals surface area (Å²) in [6.45, 7) is 3.23. The molecule has 240 valence electrons. The summed E-state index contributed by atoms with van der Waals surface area (Å²) in [6.07, 6.45) is -10.2. The summed E-state index contributed by atoms with van der Waals surface area (Å²) in [5.41, 5.74) is -8.41. The lowest BCUT2D eigenvalue weighted by Gasteiger charge is -2.38. The highest BCUT2D eigenvalue weighted by Crippen LogP contribution is 2.52. The fraction of sp³-hybridized carbons (Fsp3) is 0.355. The molecule has 2 heterocycles. The summed E-state index contributed by atoms with van der Waals surface area (Å²) in [5.74, 6) is -9.35. The summed E-state index contributed by atoms with van der Waals surface area (Å²) >= 11 is 0. The number of aliphatic imine (C=N–C) groups is 2. The number of hydrogen-bond acceptors (Lipinski definition) is 4. The van der Waals surface area contributed by atoms with Gasteiger partial charge in [0.15, 0.2) is 5.90 Å². The van der Waals surface area contributed by atoms with Gasteiger partial charge in [0.1, 0.15) is 0 Å². The molecule has 5 rings (SSSR count). The van der Waals surface area contributed by atoms with Crippen LogP contribution >= 0.6 is 0 Å². The molecule has 0 N–H and O–H groups in total. The van der Waals surface area contributed by atoms with E-state index in [2.05, 4.69) is 9.98 Å². The lowest BCUT2D eigenvalue weighted by Crippen LogP contribution is -2.48. The van der Waals surface area contributed by atoms with Crippen molar-refractivity contribution in [1.82, 2.24) is 0 Å². The third-order valence-electron chi connectivity index (χ3n) is 7.82. The molecule has 45 heavy (non-hydrogen) atoms. The van der Waals surface area contributed by atoms with E-state index in [0.717, 1.165) is 31.2 Å². The molecule has 4 nitrogen and oxygen atoms in total. The summed E-state index contributed by atoms with van der Waals surface area (Å²) < 4.78 is 154. The Morgan fingerprint density at radius 3 is 1.53 bits per heavy atom. The second-order valence-corrected chi connectivity index (χ2v) is 11.2. The van der Waals surface area contributed by atoms with Crippen LogP contribution in [0.2, 0.25) is 0 Å². The van der Waals surface area contributed by atoms with Gasteiger partial charge in [-0.05, 0) is 55.7 Å². The first-order valence-corrected chi connectivity index (χ1v) is 13.4. The second-order valence-electron chi connectivity index (χ2n) is 11.2. The van der Waals surface area contributed by atoms with Crippen molar-refractivity contribution in [3.05, 3.63) is 94.0 Å². The van der Waals surface area contributed by atoms with Crippen LogP contribution in [-0.4, -0.2) is 24.1 Å². The fourth-order valence-corrected chi connectivity index (χ4v) is 5.16. The van der Waals surface area contributed by atoms with Gasteiger partial charge < -0.3 is 9.47 Å². The van der Waals surface area contributed by atoms with Crippen molar-refractivity contribution >= 4 is 23.2 Å². The summed E-state index contributed by atoms with van der Waals surface area (Å²) in [4.78, 5) is 7.69. The Kier molecular flexibility index (Phi) is 7.33. The Balaban J connectivity index is 1.54. The van der Waals surface area contributed by atoms with E-state index in [4.69, 9.17) is 9.47 Å². The maximum absolute atomic E-state index is 15.5. The van der Waals surface area contributed by atoms with Crippen LogP contribution in [0, 0.1) is 0 Å². The van der Waals surface area contributed by atoms with E-state index in [1.807, 2.05) is 0 Å². The molecule has 3 aromatic carbocycles. The van der Waals surface area contributed by atoms with Crippen LogP contribution in [0.3, 0.4) is 0 Å². The minimum absolute atomic E-state index is 0.0200. The van der Waals surface area contributed by atoms with E-state index >= 15 is 8.78 Å². The molecule has 2 atom stereocenters. The molecular weight excluding hydrogens is 622 g/mol. The van der Waals surface area contributed by atoms with Crippen LogP contribution in [0.15, 0.2) is 70.6 Å². The van der Waals surface area contributed by atoms with Crippen molar-refractivity contribution in [2.24, 2.45) is 9.98 Å². The Hall–Kier alpha value is -4.10. The first-order valence-electron chi connectivity index (χ1n) is 13.4. The average molecular weight is 647 g/mol. The fourth-order valence-electron chi connectivity index (χ4n) is 5.16. The summed E-state index contributed by atoms with van der Waals surface area (Å²) in [5, 5.41) is 0. The SMILES string of the molecule is CC1=Nc2ccc(Cc3ccc4c(c3)C(C)(C(F)(F)F)OC(C(F)(F)c3ccc(C(C)(F)F)cc3)=N4)cc2C(C)(C(F)(F)F)O1. The smallest absolute Gasteiger partial charge is 0.432 e. The minimum atomic E-state index is -5.24. The topological polar surface area (TPSA) is 43.2 Å². The van der Waals surface area contributed by atoms with Crippen LogP contribution < -0.4 is 0 Å². The number of fused-ring (bicyclic) bond motifs is 2. The van der Waals surface area contributed by atoms with Gasteiger partial charge in [0.25, 0.3) is 11.8 Å². The van der Waals surface area contributed by atoms with E-state index in [1.54, 1.807) is 0 Å². The molecule has 0 radical (unpaired) electrons. The van der Waals surface area contributed by atoms with E-state index in [1.165, 1.54) is 31.2 Å². The zero-order valence-electron chi connectivity index (χ0n) is 24.0. The lowest BCUT2D eigenvalue weighted by molar-refractivity contribution is -0.257. The summed E-state index contributed by atoms with van der Waals surface area (Å²) in [7, 11) is 0. The predicted molar refractivity (Wildman–Crippen MR) is 144 cm³/mol. The number of nitrogens with zero attached hydrogens (tertiary/aromatic N) is 2. The minimum Gasteiger partial charge on any atom is -0.460 e. The molecule has 2 aliphatic heterocycles. The maximum atomic E-state index is 15.5. The lowest BCUT2D eigenvalue weighted by atomic mass is 9.87. The van der Waals surface area contributed by atoms with Gasteiger partial charge in [-0.15, -0.1) is 0 Å². The molecule has 0 saturated heterocycles. The largest absolute Gasteiger partial charge is 0.460 e. The molecule has 3 aromatic rings. The average Bonchev–Trinajstić information content (AvgIpc) is 2.92. The van der Waals surface area contributed by atoms with Gasteiger partial charge in [-0.1, -0.05) is 36.4 Å². The maximum Gasteiger partial charge on any atom is 0.432 e. The van der Waals surface area contributed by atoms with Gasteiger partial charge in [0.2, 0.25) is 11.2 Å². The molecule has 0 aromatic heterocycles. The van der Waals surface area contributed by atoms with Gasteiger partial charge in [-0.2, -0.15) is 35.1 Å². The summed E-state index contributed by atoms with van der Waals surface area (Å²) in [6, 6.07) is 10.2. The number of ether oxygens (including phenoxy) is 2. The predicted octanol–water partition coefficient (Wildman–Crippen LogP) is 9.88. The van der Waals surface area contributed by atoms with Crippen molar-refractivity contribution in [3.8, 4) is 0 Å². The molecule has 0 fully saturated rings. The van der Waals surface area contributed by atoms with E-state index < -0.39 is 63.7 Å². The standard InChI is InChI=1S/C31H24F10N2O2/c1-16-42-23-11-5-17(14-21(23)26(2,44-16)30(36,37)38)13-18-6-12-24-22(15-18)27(3,31(39,40)41)45-25(43-24)29(34,35)20-9-7-19(8-10-20)28(4,32)33/h5-12,14-15H,13H2,1-4H3. The van der Waals surface area contributed by atoms with Crippen LogP contribution in [0.4, 0.5) is 55.3 Å². The van der Waals surface area contributed by atoms with Gasteiger partial charge in [-0.25, -0.2) is 18.8 Å². The highest BCUT2D eigenvalue weighted by molar-refractivity contribution is 5.90. The molecule has 0 saturated carbocycles. The molecule has 0 amide bonds. The first kappa shape index (κ1) is 32.3. The van der Waals surface area contributed by atoms with Crippen LogP contribution in [0.1, 0.15) is 61.1 Å².